The molecule has 5 atom stereocenters. The van der Waals surface area contributed by atoms with Crippen LogP contribution < -0.4 is 0 Å². The summed E-state index contributed by atoms with van der Waals surface area (Å²) in [6.07, 6.45) is 3.72. The average molecular weight is 200 g/mol. The van der Waals surface area contributed by atoms with Crippen LogP contribution in [-0.4, -0.2) is 31.2 Å². The SMILES string of the molecule is COC1OC(C)C2C(CO)CCCC12. The van der Waals surface area contributed by atoms with Crippen LogP contribution in [0.25, 0.3) is 0 Å². The lowest BCUT2D eigenvalue weighted by Crippen LogP contribution is -2.34. The number of fused-ring (bicyclic) bond motifs is 1. The van der Waals surface area contributed by atoms with Crippen molar-refractivity contribution < 1.29 is 14.6 Å². The Labute approximate surface area is 85.4 Å². The van der Waals surface area contributed by atoms with Crippen molar-refractivity contribution >= 4 is 0 Å². The molecule has 5 unspecified atom stereocenters. The molecule has 1 aliphatic heterocycles. The Bertz CT molecular complexity index is 195. The first-order chi connectivity index (χ1) is 6.77. The Kier molecular flexibility index (Phi) is 3.10. The zero-order chi connectivity index (χ0) is 10.1. The lowest BCUT2D eigenvalue weighted by Gasteiger charge is -2.34. The molecule has 14 heavy (non-hydrogen) atoms. The fraction of sp³-hybridized carbons (Fsp3) is 1.00. The first-order valence-corrected chi connectivity index (χ1v) is 5.57. The van der Waals surface area contributed by atoms with E-state index in [4.69, 9.17) is 9.47 Å². The summed E-state index contributed by atoms with van der Waals surface area (Å²) in [7, 11) is 1.71. The highest BCUT2D eigenvalue weighted by atomic mass is 16.7. The Balaban J connectivity index is 2.11. The van der Waals surface area contributed by atoms with Gasteiger partial charge in [-0.2, -0.15) is 0 Å². The minimum atomic E-state index is -0.0376. The number of aliphatic hydroxyl groups is 1. The van der Waals surface area contributed by atoms with Crippen LogP contribution in [0.2, 0.25) is 0 Å². The average Bonchev–Trinajstić information content (AvgIpc) is 2.55. The van der Waals surface area contributed by atoms with Crippen LogP contribution in [0.1, 0.15) is 26.2 Å². The molecule has 1 aliphatic carbocycles. The van der Waals surface area contributed by atoms with Crippen molar-refractivity contribution in [2.45, 2.75) is 38.6 Å². The van der Waals surface area contributed by atoms with E-state index in [0.29, 0.717) is 24.4 Å². The van der Waals surface area contributed by atoms with Crippen molar-refractivity contribution in [2.24, 2.45) is 17.8 Å². The topological polar surface area (TPSA) is 38.7 Å². The van der Waals surface area contributed by atoms with E-state index in [1.165, 1.54) is 12.8 Å². The molecule has 1 heterocycles. The molecule has 0 spiro atoms. The van der Waals surface area contributed by atoms with E-state index in [9.17, 15) is 5.11 Å². The number of methoxy groups -OCH3 is 1. The van der Waals surface area contributed by atoms with Gasteiger partial charge in [-0.3, -0.25) is 0 Å². The molecule has 0 aromatic carbocycles. The third kappa shape index (κ3) is 1.58. The van der Waals surface area contributed by atoms with Crippen LogP contribution in [0.4, 0.5) is 0 Å². The Morgan fingerprint density at radius 3 is 2.86 bits per heavy atom. The highest BCUT2D eigenvalue weighted by Gasteiger charge is 2.47. The summed E-state index contributed by atoms with van der Waals surface area (Å²) < 4.78 is 11.1. The van der Waals surface area contributed by atoms with Crippen LogP contribution >= 0.6 is 0 Å². The molecule has 0 aromatic rings. The minimum absolute atomic E-state index is 0.0376. The fourth-order valence-corrected chi connectivity index (χ4v) is 3.25. The summed E-state index contributed by atoms with van der Waals surface area (Å²) in [5.41, 5.74) is 0. The number of hydrogen-bond donors (Lipinski definition) is 1. The molecule has 0 aromatic heterocycles. The van der Waals surface area contributed by atoms with E-state index < -0.39 is 0 Å². The van der Waals surface area contributed by atoms with Crippen LogP contribution in [0.15, 0.2) is 0 Å². The smallest absolute Gasteiger partial charge is 0.160 e. The van der Waals surface area contributed by atoms with E-state index >= 15 is 0 Å². The van der Waals surface area contributed by atoms with Crippen LogP contribution in [0.5, 0.6) is 0 Å². The predicted molar refractivity (Wildman–Crippen MR) is 52.8 cm³/mol. The van der Waals surface area contributed by atoms with Gasteiger partial charge < -0.3 is 14.6 Å². The van der Waals surface area contributed by atoms with Gasteiger partial charge in [0.2, 0.25) is 0 Å². The van der Waals surface area contributed by atoms with E-state index in [0.717, 1.165) is 6.42 Å². The third-order valence-electron chi connectivity index (χ3n) is 3.86. The van der Waals surface area contributed by atoms with Gasteiger partial charge in [-0.1, -0.05) is 6.42 Å². The molecular weight excluding hydrogens is 180 g/mol. The maximum absolute atomic E-state index is 9.32. The van der Waals surface area contributed by atoms with E-state index in [1.54, 1.807) is 7.11 Å². The van der Waals surface area contributed by atoms with Crippen molar-refractivity contribution in [1.29, 1.82) is 0 Å². The van der Waals surface area contributed by atoms with Crippen LogP contribution in [-0.2, 0) is 9.47 Å². The first-order valence-electron chi connectivity index (χ1n) is 5.57. The molecule has 2 rings (SSSR count). The summed E-state index contributed by atoms with van der Waals surface area (Å²) in [4.78, 5) is 0. The lowest BCUT2D eigenvalue weighted by molar-refractivity contribution is -0.129. The Morgan fingerprint density at radius 2 is 2.21 bits per heavy atom. The maximum atomic E-state index is 9.32. The third-order valence-corrected chi connectivity index (χ3v) is 3.86. The van der Waals surface area contributed by atoms with Crippen molar-refractivity contribution in [3.63, 3.8) is 0 Å². The second-order valence-corrected chi connectivity index (χ2v) is 4.56. The van der Waals surface area contributed by atoms with Gasteiger partial charge in [0.25, 0.3) is 0 Å². The maximum Gasteiger partial charge on any atom is 0.160 e. The van der Waals surface area contributed by atoms with Gasteiger partial charge in [0, 0.05) is 19.6 Å². The molecule has 1 saturated carbocycles. The second kappa shape index (κ2) is 4.17. The van der Waals surface area contributed by atoms with Crippen molar-refractivity contribution in [1.82, 2.24) is 0 Å². The number of aliphatic hydroxyl groups excluding tert-OH is 1. The molecule has 2 aliphatic rings. The van der Waals surface area contributed by atoms with Gasteiger partial charge in [-0.05, 0) is 31.6 Å². The quantitative estimate of drug-likeness (QED) is 0.732. The molecule has 3 heteroatoms. The van der Waals surface area contributed by atoms with E-state index in [-0.39, 0.29) is 12.4 Å². The largest absolute Gasteiger partial charge is 0.396 e. The van der Waals surface area contributed by atoms with Crippen molar-refractivity contribution in [3.8, 4) is 0 Å². The lowest BCUT2D eigenvalue weighted by atomic mass is 9.71. The zero-order valence-corrected chi connectivity index (χ0v) is 8.98. The standard InChI is InChI=1S/C11H20O3/c1-7-10-8(6-12)4-3-5-9(10)11(13-2)14-7/h7-12H,3-6H2,1-2H3. The Morgan fingerprint density at radius 1 is 1.43 bits per heavy atom. The minimum Gasteiger partial charge on any atom is -0.396 e. The Hall–Kier alpha value is -0.120. The monoisotopic (exact) mass is 200 g/mol. The van der Waals surface area contributed by atoms with Gasteiger partial charge in [-0.25, -0.2) is 0 Å². The summed E-state index contributed by atoms with van der Waals surface area (Å²) in [5, 5.41) is 9.32. The molecule has 0 bridgehead atoms. The molecule has 2 fully saturated rings. The number of ether oxygens (including phenoxy) is 2. The highest BCUT2D eigenvalue weighted by molar-refractivity contribution is 4.91. The summed E-state index contributed by atoms with van der Waals surface area (Å²) in [6.45, 7) is 2.40. The summed E-state index contributed by atoms with van der Waals surface area (Å²) in [5.74, 6) is 1.42. The fourth-order valence-electron chi connectivity index (χ4n) is 3.25. The van der Waals surface area contributed by atoms with Gasteiger partial charge >= 0.3 is 0 Å². The predicted octanol–water partition coefficient (Wildman–Crippen LogP) is 1.40. The zero-order valence-electron chi connectivity index (χ0n) is 8.98. The first kappa shape index (κ1) is 10.4. The van der Waals surface area contributed by atoms with Gasteiger partial charge in [-0.15, -0.1) is 0 Å². The van der Waals surface area contributed by atoms with E-state index in [2.05, 4.69) is 6.92 Å². The molecule has 0 radical (unpaired) electrons. The highest BCUT2D eigenvalue weighted by Crippen LogP contribution is 2.45. The summed E-state index contributed by atoms with van der Waals surface area (Å²) >= 11 is 0. The van der Waals surface area contributed by atoms with Crippen LogP contribution in [0.3, 0.4) is 0 Å². The van der Waals surface area contributed by atoms with E-state index in [1.807, 2.05) is 0 Å². The summed E-state index contributed by atoms with van der Waals surface area (Å²) in [6, 6.07) is 0. The second-order valence-electron chi connectivity index (χ2n) is 4.56. The molecule has 3 nitrogen and oxygen atoms in total. The van der Waals surface area contributed by atoms with Gasteiger partial charge in [0.05, 0.1) is 6.10 Å². The molecule has 0 amide bonds. The number of hydrogen-bond acceptors (Lipinski definition) is 3. The van der Waals surface area contributed by atoms with Crippen LogP contribution in [0, 0.1) is 17.8 Å². The van der Waals surface area contributed by atoms with Gasteiger partial charge in [0.15, 0.2) is 6.29 Å². The molecule has 1 N–H and O–H groups in total. The normalized spacial score (nSPS) is 47.8. The van der Waals surface area contributed by atoms with Gasteiger partial charge in [0.1, 0.15) is 0 Å². The molecule has 82 valence electrons. The number of rotatable bonds is 2. The molecular formula is C11H20O3. The molecule has 1 saturated heterocycles. The van der Waals surface area contributed by atoms with Crippen molar-refractivity contribution in [2.75, 3.05) is 13.7 Å². The van der Waals surface area contributed by atoms with Crippen molar-refractivity contribution in [3.05, 3.63) is 0 Å².